The number of nitrogens with one attached hydrogen (secondary N) is 1. The molecule has 0 unspecified atom stereocenters. The lowest BCUT2D eigenvalue weighted by molar-refractivity contribution is 0.0708. The SMILES string of the molecule is CCO[Si](CCCNCCCS(OCC)(OCC)OCC)(OCC)OCC. The standard InChI is InChI=1S/C18H43NO6SSi/c1-7-20-26(21-8-2,22-9-3)17-13-15-19-16-14-18-27(23-10-4,24-11-5)25-12-6/h19H,7-18H2,1-6H3. The van der Waals surface area contributed by atoms with Gasteiger partial charge in [0.05, 0.1) is 30.7 Å². The smallest absolute Gasteiger partial charge is 0.374 e. The van der Waals surface area contributed by atoms with Gasteiger partial charge in [-0.1, -0.05) is 0 Å². The van der Waals surface area contributed by atoms with Gasteiger partial charge in [0.15, 0.2) is 0 Å². The molecule has 0 aromatic heterocycles. The van der Waals surface area contributed by atoms with Crippen molar-refractivity contribution in [2.45, 2.75) is 60.4 Å². The van der Waals surface area contributed by atoms with E-state index in [0.717, 1.165) is 37.7 Å². The lowest BCUT2D eigenvalue weighted by atomic mass is 10.4. The fourth-order valence-corrected chi connectivity index (χ4v) is 7.49. The molecule has 0 heterocycles. The third-order valence-electron chi connectivity index (χ3n) is 3.57. The van der Waals surface area contributed by atoms with Gasteiger partial charge in [0.1, 0.15) is 0 Å². The predicted octanol–water partition coefficient (Wildman–Crippen LogP) is 4.06. The molecule has 7 nitrogen and oxygen atoms in total. The van der Waals surface area contributed by atoms with Crippen LogP contribution < -0.4 is 5.32 Å². The van der Waals surface area contributed by atoms with Crippen LogP contribution in [-0.4, -0.2) is 67.3 Å². The summed E-state index contributed by atoms with van der Waals surface area (Å²) < 4.78 is 35.1. The predicted molar refractivity (Wildman–Crippen MR) is 115 cm³/mol. The summed E-state index contributed by atoms with van der Waals surface area (Å²) in [6, 6.07) is 0.835. The zero-order valence-corrected chi connectivity index (χ0v) is 20.2. The molecule has 0 aliphatic carbocycles. The van der Waals surface area contributed by atoms with E-state index in [1.807, 2.05) is 41.5 Å². The minimum atomic E-state index is -2.52. The van der Waals surface area contributed by atoms with E-state index in [9.17, 15) is 0 Å². The Bertz CT molecular complexity index is 277. The zero-order valence-electron chi connectivity index (χ0n) is 18.3. The van der Waals surface area contributed by atoms with E-state index in [-0.39, 0.29) is 0 Å². The topological polar surface area (TPSA) is 67.4 Å². The Balaban J connectivity index is 4.24. The van der Waals surface area contributed by atoms with Gasteiger partial charge in [0.25, 0.3) is 0 Å². The van der Waals surface area contributed by atoms with E-state index >= 15 is 0 Å². The van der Waals surface area contributed by atoms with Crippen LogP contribution in [0.4, 0.5) is 0 Å². The number of hydrogen-bond acceptors (Lipinski definition) is 7. The molecular weight excluding hydrogens is 386 g/mol. The van der Waals surface area contributed by atoms with E-state index in [1.54, 1.807) is 0 Å². The normalized spacial score (nSPS) is 13.3. The van der Waals surface area contributed by atoms with Gasteiger partial charge in [-0.15, -0.1) is 0 Å². The second kappa shape index (κ2) is 17.2. The van der Waals surface area contributed by atoms with Crippen LogP contribution in [0.25, 0.3) is 0 Å². The highest BCUT2D eigenvalue weighted by Gasteiger charge is 2.39. The third-order valence-corrected chi connectivity index (χ3v) is 9.29. The van der Waals surface area contributed by atoms with Crippen molar-refractivity contribution in [3.8, 4) is 0 Å². The van der Waals surface area contributed by atoms with Crippen molar-refractivity contribution >= 4 is 19.7 Å². The van der Waals surface area contributed by atoms with Crippen LogP contribution in [0, 0.1) is 0 Å². The molecule has 0 aliphatic heterocycles. The highest BCUT2D eigenvalue weighted by molar-refractivity contribution is 8.21. The van der Waals surface area contributed by atoms with Gasteiger partial charge in [0.2, 0.25) is 0 Å². The third kappa shape index (κ3) is 11.8. The first-order valence-electron chi connectivity index (χ1n) is 10.4. The molecule has 9 heteroatoms. The zero-order chi connectivity index (χ0) is 20.4. The summed E-state index contributed by atoms with van der Waals surface area (Å²) in [6.45, 7) is 17.4. The molecule has 0 bridgehead atoms. The summed E-state index contributed by atoms with van der Waals surface area (Å²) in [4.78, 5) is 0. The van der Waals surface area contributed by atoms with Crippen molar-refractivity contribution < 1.29 is 25.8 Å². The van der Waals surface area contributed by atoms with Crippen LogP contribution in [0.15, 0.2) is 0 Å². The van der Waals surface area contributed by atoms with Gasteiger partial charge in [-0.25, -0.2) is 0 Å². The van der Waals surface area contributed by atoms with E-state index in [1.165, 1.54) is 0 Å². The maximum Gasteiger partial charge on any atom is 0.500 e. The first-order valence-corrected chi connectivity index (χ1v) is 13.9. The number of rotatable bonds is 20. The molecule has 0 radical (unpaired) electrons. The second-order valence-corrected chi connectivity index (χ2v) is 10.6. The van der Waals surface area contributed by atoms with Crippen LogP contribution in [0.2, 0.25) is 6.04 Å². The molecule has 166 valence electrons. The minimum Gasteiger partial charge on any atom is -0.374 e. The van der Waals surface area contributed by atoms with Crippen LogP contribution in [0.1, 0.15) is 54.4 Å². The average Bonchev–Trinajstić information content (AvgIpc) is 2.62. The molecule has 0 fully saturated rings. The highest BCUT2D eigenvalue weighted by Crippen LogP contribution is 2.51. The van der Waals surface area contributed by atoms with E-state index < -0.39 is 19.7 Å². The molecule has 0 aromatic carbocycles. The van der Waals surface area contributed by atoms with E-state index in [0.29, 0.717) is 39.6 Å². The Kier molecular flexibility index (Phi) is 17.4. The van der Waals surface area contributed by atoms with Crippen LogP contribution in [0.3, 0.4) is 0 Å². The fraction of sp³-hybridized carbons (Fsp3) is 1.00. The van der Waals surface area contributed by atoms with Crippen molar-refractivity contribution in [3.63, 3.8) is 0 Å². The monoisotopic (exact) mass is 429 g/mol. The Morgan fingerprint density at radius 2 is 1.07 bits per heavy atom. The quantitative estimate of drug-likeness (QED) is 0.231. The van der Waals surface area contributed by atoms with E-state index in [2.05, 4.69) is 5.32 Å². The summed E-state index contributed by atoms with van der Waals surface area (Å²) in [5.74, 6) is 0.783. The Labute approximate surface area is 170 Å². The molecule has 0 saturated carbocycles. The maximum atomic E-state index is 5.88. The van der Waals surface area contributed by atoms with E-state index in [4.69, 9.17) is 25.8 Å². The van der Waals surface area contributed by atoms with Gasteiger partial charge < -0.3 is 18.6 Å². The lowest BCUT2D eigenvalue weighted by Gasteiger charge is -2.36. The summed E-state index contributed by atoms with van der Waals surface area (Å²) in [6.07, 6.45) is 1.91. The van der Waals surface area contributed by atoms with Crippen LogP contribution in [0.5, 0.6) is 0 Å². The Hall–Kier alpha value is 0.287. The molecule has 0 amide bonds. The molecule has 0 atom stereocenters. The van der Waals surface area contributed by atoms with Crippen LogP contribution >= 0.6 is 10.9 Å². The Morgan fingerprint density at radius 1 is 0.630 bits per heavy atom. The minimum absolute atomic E-state index is 0.599. The average molecular weight is 430 g/mol. The first kappa shape index (κ1) is 27.3. The van der Waals surface area contributed by atoms with Crippen molar-refractivity contribution in [1.29, 1.82) is 0 Å². The highest BCUT2D eigenvalue weighted by atomic mass is 32.3. The van der Waals surface area contributed by atoms with Crippen molar-refractivity contribution in [2.24, 2.45) is 0 Å². The molecular formula is C18H43NO6SSi. The molecule has 0 spiro atoms. The summed E-state index contributed by atoms with van der Waals surface area (Å²) >= 11 is 0. The van der Waals surface area contributed by atoms with Gasteiger partial charge in [-0.05, 0) is 67.5 Å². The summed E-state index contributed by atoms with van der Waals surface area (Å²) in [7, 11) is -4.40. The molecule has 27 heavy (non-hydrogen) atoms. The van der Waals surface area contributed by atoms with Gasteiger partial charge in [-0.3, -0.25) is 12.5 Å². The lowest BCUT2D eigenvalue weighted by Crippen LogP contribution is -2.46. The fourth-order valence-electron chi connectivity index (χ4n) is 2.75. The maximum absolute atomic E-state index is 5.88. The largest absolute Gasteiger partial charge is 0.500 e. The molecule has 0 rings (SSSR count). The van der Waals surface area contributed by atoms with Crippen LogP contribution in [-0.2, 0) is 25.8 Å². The number of hydrogen-bond donors (Lipinski definition) is 1. The van der Waals surface area contributed by atoms with Crippen molar-refractivity contribution in [2.75, 3.05) is 58.5 Å². The van der Waals surface area contributed by atoms with Gasteiger partial charge in [-0.2, -0.15) is 0 Å². The summed E-state index contributed by atoms with van der Waals surface area (Å²) in [5, 5.41) is 3.49. The van der Waals surface area contributed by atoms with Gasteiger partial charge in [0, 0.05) is 31.6 Å². The summed E-state index contributed by atoms with van der Waals surface area (Å²) in [5.41, 5.74) is 0. The van der Waals surface area contributed by atoms with Crippen molar-refractivity contribution in [1.82, 2.24) is 5.32 Å². The second-order valence-electron chi connectivity index (χ2n) is 5.67. The Morgan fingerprint density at radius 3 is 1.48 bits per heavy atom. The first-order chi connectivity index (χ1) is 13.1. The molecule has 0 aliphatic rings. The molecule has 0 saturated heterocycles. The molecule has 0 aromatic rings. The van der Waals surface area contributed by atoms with Crippen molar-refractivity contribution in [3.05, 3.63) is 0 Å². The van der Waals surface area contributed by atoms with Gasteiger partial charge >= 0.3 is 8.80 Å². The molecule has 1 N–H and O–H groups in total.